The molecular weight excluding hydrogens is 516 g/mol. The second-order valence-corrected chi connectivity index (χ2v) is 9.98. The quantitative estimate of drug-likeness (QED) is 0.470. The Morgan fingerprint density at radius 1 is 0.868 bits per heavy atom. The molecule has 0 bridgehead atoms. The zero-order chi connectivity index (χ0) is 27.6. The summed E-state index contributed by atoms with van der Waals surface area (Å²) in [5.74, 6) is -3.59. The third kappa shape index (κ3) is 4.14. The molecule has 0 aromatic heterocycles. The van der Waals surface area contributed by atoms with Gasteiger partial charge in [0.15, 0.2) is 0 Å². The van der Waals surface area contributed by atoms with Crippen LogP contribution in [0.1, 0.15) is 41.1 Å². The number of halogens is 6. The standard InChI is InChI=1S/C26H23F6N3O3/c1-34-21(36)18-19(22(34)37)24(33-20(18)15-5-9-17(10-6-15)26(30,31)32)11-2-12-35(23(24)38)13-14-3-7-16(8-4-14)25(27,28)29/h3-10,18-20,33H,2,11-13H2,1H3/t18-,19-,20-,24-/m1/s1. The van der Waals surface area contributed by atoms with E-state index in [-0.39, 0.29) is 13.0 Å². The average Bonchev–Trinajstić information content (AvgIpc) is 3.31. The number of fused-ring (bicyclic) bond motifs is 2. The Balaban J connectivity index is 1.46. The van der Waals surface area contributed by atoms with Crippen molar-refractivity contribution in [1.29, 1.82) is 0 Å². The summed E-state index contributed by atoms with van der Waals surface area (Å²) < 4.78 is 78.1. The van der Waals surface area contributed by atoms with Gasteiger partial charge in [0.05, 0.1) is 23.0 Å². The lowest BCUT2D eigenvalue weighted by molar-refractivity contribution is -0.149. The molecule has 0 saturated carbocycles. The van der Waals surface area contributed by atoms with E-state index in [2.05, 4.69) is 5.32 Å². The summed E-state index contributed by atoms with van der Waals surface area (Å²) in [7, 11) is 1.31. The molecule has 0 radical (unpaired) electrons. The summed E-state index contributed by atoms with van der Waals surface area (Å²) in [6.45, 7) is 0.296. The van der Waals surface area contributed by atoms with E-state index in [1.54, 1.807) is 0 Å². The molecule has 1 N–H and O–H groups in total. The van der Waals surface area contributed by atoms with Gasteiger partial charge in [-0.1, -0.05) is 24.3 Å². The summed E-state index contributed by atoms with van der Waals surface area (Å²) in [4.78, 5) is 42.6. The summed E-state index contributed by atoms with van der Waals surface area (Å²) in [5, 5.41) is 3.17. The molecule has 0 aliphatic carbocycles. The van der Waals surface area contributed by atoms with Crippen molar-refractivity contribution in [2.24, 2.45) is 11.8 Å². The van der Waals surface area contributed by atoms with Crippen molar-refractivity contribution in [3.05, 3.63) is 70.8 Å². The summed E-state index contributed by atoms with van der Waals surface area (Å²) >= 11 is 0. The van der Waals surface area contributed by atoms with E-state index in [1.165, 1.54) is 36.2 Å². The lowest BCUT2D eigenvalue weighted by Crippen LogP contribution is -2.63. The second kappa shape index (κ2) is 8.82. The number of piperidine rings is 1. The number of nitrogens with one attached hydrogen (secondary N) is 1. The van der Waals surface area contributed by atoms with Crippen LogP contribution in [0.5, 0.6) is 0 Å². The fourth-order valence-electron chi connectivity index (χ4n) is 5.95. The Hall–Kier alpha value is -3.41. The molecule has 2 aromatic rings. The molecule has 3 fully saturated rings. The van der Waals surface area contributed by atoms with Crippen molar-refractivity contribution in [2.75, 3.05) is 13.6 Å². The van der Waals surface area contributed by atoms with Gasteiger partial charge in [0.2, 0.25) is 17.7 Å². The normalized spacial score (nSPS) is 28.0. The molecule has 3 amide bonds. The minimum absolute atomic E-state index is 0.000704. The molecule has 2 aromatic carbocycles. The van der Waals surface area contributed by atoms with Gasteiger partial charge in [-0.3, -0.25) is 24.6 Å². The highest BCUT2D eigenvalue weighted by Crippen LogP contribution is 2.52. The van der Waals surface area contributed by atoms with Crippen LogP contribution in [0.3, 0.4) is 0 Å². The first-order valence-electron chi connectivity index (χ1n) is 12.0. The topological polar surface area (TPSA) is 69.7 Å². The van der Waals surface area contributed by atoms with Crippen molar-refractivity contribution in [3.8, 4) is 0 Å². The number of carbonyl (C=O) groups is 3. The second-order valence-electron chi connectivity index (χ2n) is 9.98. The highest BCUT2D eigenvalue weighted by atomic mass is 19.4. The van der Waals surface area contributed by atoms with E-state index in [0.717, 1.165) is 29.2 Å². The zero-order valence-electron chi connectivity index (χ0n) is 20.1. The molecule has 202 valence electrons. The Labute approximate surface area is 213 Å². The Bertz CT molecular complexity index is 1280. The predicted octanol–water partition coefficient (Wildman–Crippen LogP) is 4.16. The molecule has 6 nitrogen and oxygen atoms in total. The van der Waals surface area contributed by atoms with Crippen LogP contribution < -0.4 is 5.32 Å². The highest BCUT2D eigenvalue weighted by molar-refractivity contribution is 6.10. The lowest BCUT2D eigenvalue weighted by atomic mass is 9.74. The molecule has 3 saturated heterocycles. The number of benzene rings is 2. The van der Waals surface area contributed by atoms with Crippen molar-refractivity contribution in [3.63, 3.8) is 0 Å². The Kier molecular flexibility index (Phi) is 6.08. The van der Waals surface area contributed by atoms with Crippen LogP contribution >= 0.6 is 0 Å². The number of carbonyl (C=O) groups excluding carboxylic acids is 3. The molecular formula is C26H23F6N3O3. The minimum Gasteiger partial charge on any atom is -0.337 e. The van der Waals surface area contributed by atoms with Crippen LogP contribution in [-0.4, -0.2) is 46.7 Å². The maximum Gasteiger partial charge on any atom is 0.416 e. The zero-order valence-corrected chi connectivity index (χ0v) is 20.1. The third-order valence-electron chi connectivity index (χ3n) is 7.79. The molecule has 5 rings (SSSR count). The van der Waals surface area contributed by atoms with Gasteiger partial charge in [0.1, 0.15) is 5.54 Å². The molecule has 12 heteroatoms. The average molecular weight is 539 g/mol. The molecule has 1 spiro atoms. The van der Waals surface area contributed by atoms with Crippen LogP contribution in [0, 0.1) is 11.8 Å². The number of imide groups is 1. The SMILES string of the molecule is CN1C(=O)[C@H]2[C@@H](c3ccc(C(F)(F)F)cc3)N[C@]3(CCCN(Cc4ccc(C(F)(F)F)cc4)C3=O)[C@H]2C1=O. The first-order valence-corrected chi connectivity index (χ1v) is 12.0. The predicted molar refractivity (Wildman–Crippen MR) is 121 cm³/mol. The molecule has 3 heterocycles. The molecule has 4 atom stereocenters. The smallest absolute Gasteiger partial charge is 0.337 e. The molecule has 38 heavy (non-hydrogen) atoms. The van der Waals surface area contributed by atoms with E-state index in [4.69, 9.17) is 0 Å². The molecule has 3 aliphatic rings. The van der Waals surface area contributed by atoms with Crippen molar-refractivity contribution >= 4 is 17.7 Å². The number of amides is 3. The molecule has 3 aliphatic heterocycles. The van der Waals surface area contributed by atoms with Crippen molar-refractivity contribution < 1.29 is 40.7 Å². The van der Waals surface area contributed by atoms with Crippen molar-refractivity contribution in [2.45, 2.75) is 43.3 Å². The van der Waals surface area contributed by atoms with Crippen LogP contribution in [0.2, 0.25) is 0 Å². The maximum absolute atomic E-state index is 13.9. The van der Waals surface area contributed by atoms with Gasteiger partial charge in [0.25, 0.3) is 0 Å². The van der Waals surface area contributed by atoms with E-state index in [9.17, 15) is 40.7 Å². The highest BCUT2D eigenvalue weighted by Gasteiger charge is 2.68. The molecule has 0 unspecified atom stereocenters. The number of hydrogen-bond donors (Lipinski definition) is 1. The third-order valence-corrected chi connectivity index (χ3v) is 7.79. The van der Waals surface area contributed by atoms with Gasteiger partial charge < -0.3 is 4.90 Å². The number of likely N-dealkylation sites (tertiary alicyclic amines) is 2. The number of rotatable bonds is 3. The van der Waals surface area contributed by atoms with Gasteiger partial charge in [-0.25, -0.2) is 0 Å². The summed E-state index contributed by atoms with van der Waals surface area (Å²) in [6, 6.07) is 7.80. The fraction of sp³-hybridized carbons (Fsp3) is 0.423. The first kappa shape index (κ1) is 26.2. The first-order chi connectivity index (χ1) is 17.7. The minimum atomic E-state index is -4.55. The van der Waals surface area contributed by atoms with Gasteiger partial charge in [-0.15, -0.1) is 0 Å². The van der Waals surface area contributed by atoms with Crippen molar-refractivity contribution in [1.82, 2.24) is 15.1 Å². The lowest BCUT2D eigenvalue weighted by Gasteiger charge is -2.42. The van der Waals surface area contributed by atoms with E-state index < -0.39 is 64.6 Å². The summed E-state index contributed by atoms with van der Waals surface area (Å²) in [5.41, 5.74) is -2.36. The van der Waals surface area contributed by atoms with Gasteiger partial charge in [-0.05, 0) is 48.2 Å². The Morgan fingerprint density at radius 3 is 1.97 bits per heavy atom. The summed E-state index contributed by atoms with van der Waals surface area (Å²) in [6.07, 6.45) is -8.38. The maximum atomic E-state index is 13.9. The van der Waals surface area contributed by atoms with Gasteiger partial charge >= 0.3 is 12.4 Å². The Morgan fingerprint density at radius 2 is 1.42 bits per heavy atom. The van der Waals surface area contributed by atoms with E-state index in [1.807, 2.05) is 0 Å². The largest absolute Gasteiger partial charge is 0.416 e. The van der Waals surface area contributed by atoms with E-state index in [0.29, 0.717) is 24.1 Å². The fourth-order valence-corrected chi connectivity index (χ4v) is 5.95. The van der Waals surface area contributed by atoms with Gasteiger partial charge in [-0.2, -0.15) is 26.3 Å². The monoisotopic (exact) mass is 539 g/mol. The van der Waals surface area contributed by atoms with Crippen LogP contribution in [0.15, 0.2) is 48.5 Å². The number of hydrogen-bond acceptors (Lipinski definition) is 4. The van der Waals surface area contributed by atoms with Crippen LogP contribution in [-0.2, 0) is 33.3 Å². The van der Waals surface area contributed by atoms with Crippen LogP contribution in [0.4, 0.5) is 26.3 Å². The number of alkyl halides is 6. The van der Waals surface area contributed by atoms with Gasteiger partial charge in [0, 0.05) is 26.2 Å². The van der Waals surface area contributed by atoms with E-state index >= 15 is 0 Å². The number of nitrogens with zero attached hydrogens (tertiary/aromatic N) is 2. The van der Waals surface area contributed by atoms with Crippen LogP contribution in [0.25, 0.3) is 0 Å².